The summed E-state index contributed by atoms with van der Waals surface area (Å²) in [4.78, 5) is 26.8. The van der Waals surface area contributed by atoms with Crippen LogP contribution in [0.3, 0.4) is 0 Å². The average molecular weight is 483 g/mol. The number of nitrogens with one attached hydrogen (secondary N) is 2. The molecule has 0 aromatic heterocycles. The molecule has 2 bridgehead atoms. The summed E-state index contributed by atoms with van der Waals surface area (Å²) < 4.78 is 11.8. The van der Waals surface area contributed by atoms with Crippen molar-refractivity contribution in [3.05, 3.63) is 23.8 Å². The molecule has 2 amide bonds. The van der Waals surface area contributed by atoms with Crippen LogP contribution in [-0.4, -0.2) is 37.6 Å². The molecule has 35 heavy (non-hydrogen) atoms. The van der Waals surface area contributed by atoms with Crippen molar-refractivity contribution in [2.45, 2.75) is 90.2 Å². The molecule has 5 rings (SSSR count). The van der Waals surface area contributed by atoms with E-state index >= 15 is 0 Å². The lowest BCUT2D eigenvalue weighted by Crippen LogP contribution is -2.51. The van der Waals surface area contributed by atoms with E-state index in [1.807, 2.05) is 18.2 Å². The van der Waals surface area contributed by atoms with E-state index in [2.05, 4.69) is 24.5 Å². The Morgan fingerprint density at radius 1 is 1.06 bits per heavy atom. The maximum atomic E-state index is 13.5. The van der Waals surface area contributed by atoms with Crippen LogP contribution >= 0.6 is 0 Å². The van der Waals surface area contributed by atoms with E-state index in [4.69, 9.17) is 9.47 Å². The van der Waals surface area contributed by atoms with Crippen LogP contribution in [0.25, 0.3) is 0 Å². The number of fused-ring (bicyclic) bond motifs is 2. The first-order valence-corrected chi connectivity index (χ1v) is 13.8. The molecule has 0 aliphatic heterocycles. The van der Waals surface area contributed by atoms with Crippen LogP contribution in [0, 0.1) is 29.1 Å². The zero-order chi connectivity index (χ0) is 24.6. The number of ether oxygens (including phenoxy) is 2. The molecule has 192 valence electrons. The van der Waals surface area contributed by atoms with Crippen LogP contribution in [0.1, 0.15) is 88.4 Å². The highest BCUT2D eigenvalue weighted by atomic mass is 16.5. The predicted molar refractivity (Wildman–Crippen MR) is 136 cm³/mol. The Hall–Kier alpha value is -2.24. The number of rotatable bonds is 8. The summed E-state index contributed by atoms with van der Waals surface area (Å²) in [6, 6.07) is 5.40. The highest BCUT2D eigenvalue weighted by Gasteiger charge is 2.51. The second kappa shape index (κ2) is 10.0. The molecule has 0 spiro atoms. The third kappa shape index (κ3) is 5.17. The summed E-state index contributed by atoms with van der Waals surface area (Å²) in [5.41, 5.74) is 0.731. The fourth-order valence-electron chi connectivity index (χ4n) is 6.96. The quantitative estimate of drug-likeness (QED) is 0.540. The monoisotopic (exact) mass is 482 g/mol. The minimum atomic E-state index is -0.175. The molecule has 4 atom stereocenters. The van der Waals surface area contributed by atoms with Crippen LogP contribution in [0.15, 0.2) is 18.2 Å². The molecule has 1 aromatic rings. The first-order valence-electron chi connectivity index (χ1n) is 13.8. The van der Waals surface area contributed by atoms with Crippen LogP contribution in [0.4, 0.5) is 0 Å². The topological polar surface area (TPSA) is 76.7 Å². The van der Waals surface area contributed by atoms with Crippen molar-refractivity contribution in [3.8, 4) is 11.5 Å². The Morgan fingerprint density at radius 3 is 2.49 bits per heavy atom. The third-order valence-corrected chi connectivity index (χ3v) is 9.45. The maximum Gasteiger partial charge on any atom is 0.255 e. The Labute approximate surface area is 209 Å². The predicted octanol–water partition coefficient (Wildman–Crippen LogP) is 5.10. The lowest BCUT2D eigenvalue weighted by Gasteiger charge is -2.39. The van der Waals surface area contributed by atoms with Gasteiger partial charge in [-0.05, 0) is 99.2 Å². The average Bonchev–Trinajstić information content (AvgIpc) is 3.44. The van der Waals surface area contributed by atoms with Crippen LogP contribution in [0.5, 0.6) is 11.5 Å². The van der Waals surface area contributed by atoms with Gasteiger partial charge in [-0.3, -0.25) is 9.59 Å². The number of benzene rings is 1. The number of carbonyl (C=O) groups is 2. The van der Waals surface area contributed by atoms with E-state index in [0.717, 1.165) is 44.6 Å². The van der Waals surface area contributed by atoms with Gasteiger partial charge in [-0.2, -0.15) is 0 Å². The van der Waals surface area contributed by atoms with Crippen LogP contribution in [-0.2, 0) is 4.79 Å². The summed E-state index contributed by atoms with van der Waals surface area (Å²) in [6.07, 6.45) is 11.5. The molecule has 4 aliphatic rings. The molecule has 4 saturated carbocycles. The summed E-state index contributed by atoms with van der Waals surface area (Å²) >= 11 is 0. The highest BCUT2D eigenvalue weighted by molar-refractivity contribution is 5.98. The molecule has 4 aliphatic carbocycles. The highest BCUT2D eigenvalue weighted by Crippen LogP contribution is 2.49. The molecule has 0 heterocycles. The van der Waals surface area contributed by atoms with Crippen molar-refractivity contribution < 1.29 is 19.1 Å². The number of carbonyl (C=O) groups excluding carboxylic acids is 2. The normalized spacial score (nSPS) is 33.0. The van der Waals surface area contributed by atoms with Gasteiger partial charge in [-0.1, -0.05) is 20.3 Å². The first kappa shape index (κ1) is 24.5. The van der Waals surface area contributed by atoms with Crippen molar-refractivity contribution in [2.75, 3.05) is 13.7 Å². The second-order valence-corrected chi connectivity index (χ2v) is 12.1. The Morgan fingerprint density at radius 2 is 1.80 bits per heavy atom. The van der Waals surface area contributed by atoms with Gasteiger partial charge in [0.05, 0.1) is 24.7 Å². The minimum absolute atomic E-state index is 0.117. The Bertz CT molecular complexity index is 935. The summed E-state index contributed by atoms with van der Waals surface area (Å²) in [5.74, 6) is 2.54. The molecule has 0 saturated heterocycles. The summed E-state index contributed by atoms with van der Waals surface area (Å²) in [6.45, 7) is 5.29. The van der Waals surface area contributed by atoms with Gasteiger partial charge in [0, 0.05) is 12.6 Å². The van der Waals surface area contributed by atoms with Crippen LogP contribution < -0.4 is 20.1 Å². The molecule has 6 heteroatoms. The standard InChI is InChI=1S/C29H42N2O4/c1-18-5-9-21(10-6-18)35-22-11-12-24(34-3)23(16-22)27(32)31-26-20-8-7-19(15-20)25(26)28(33)30-17-29(2)13-4-14-29/h11-12,16,18-21,25-26H,4-10,13-15,17H2,1-3H3,(H,30,33)(H,31,32)/t18-,19-,20+,21-,25+,26-/m1/s1. The summed E-state index contributed by atoms with van der Waals surface area (Å²) in [5, 5.41) is 6.50. The van der Waals surface area contributed by atoms with E-state index in [9.17, 15) is 9.59 Å². The largest absolute Gasteiger partial charge is 0.496 e. The van der Waals surface area contributed by atoms with Crippen molar-refractivity contribution >= 4 is 11.8 Å². The second-order valence-electron chi connectivity index (χ2n) is 12.1. The van der Waals surface area contributed by atoms with E-state index in [1.54, 1.807) is 7.11 Å². The van der Waals surface area contributed by atoms with Gasteiger partial charge >= 0.3 is 0 Å². The van der Waals surface area contributed by atoms with Gasteiger partial charge in [0.2, 0.25) is 5.91 Å². The lowest BCUT2D eigenvalue weighted by atomic mass is 9.70. The first-order chi connectivity index (χ1) is 16.8. The smallest absolute Gasteiger partial charge is 0.255 e. The van der Waals surface area contributed by atoms with E-state index in [0.29, 0.717) is 28.9 Å². The van der Waals surface area contributed by atoms with Crippen molar-refractivity contribution in [1.29, 1.82) is 0 Å². The molecule has 1 aromatic carbocycles. The lowest BCUT2D eigenvalue weighted by molar-refractivity contribution is -0.128. The summed E-state index contributed by atoms with van der Waals surface area (Å²) in [7, 11) is 1.59. The van der Waals surface area contributed by atoms with E-state index in [1.165, 1.54) is 32.1 Å². The fourth-order valence-corrected chi connectivity index (χ4v) is 6.96. The van der Waals surface area contributed by atoms with Crippen molar-refractivity contribution in [1.82, 2.24) is 10.6 Å². The van der Waals surface area contributed by atoms with Gasteiger partial charge in [-0.15, -0.1) is 0 Å². The Kier molecular flexibility index (Phi) is 7.00. The minimum Gasteiger partial charge on any atom is -0.496 e. The molecular formula is C29H42N2O4. The fraction of sp³-hybridized carbons (Fsp3) is 0.724. The molecule has 6 nitrogen and oxygen atoms in total. The van der Waals surface area contributed by atoms with Gasteiger partial charge in [0.25, 0.3) is 5.91 Å². The molecular weight excluding hydrogens is 440 g/mol. The maximum absolute atomic E-state index is 13.5. The number of methoxy groups -OCH3 is 1. The van der Waals surface area contributed by atoms with Crippen molar-refractivity contribution in [2.24, 2.45) is 29.1 Å². The zero-order valence-electron chi connectivity index (χ0n) is 21.6. The van der Waals surface area contributed by atoms with E-state index < -0.39 is 0 Å². The van der Waals surface area contributed by atoms with Gasteiger partial charge < -0.3 is 20.1 Å². The van der Waals surface area contributed by atoms with Gasteiger partial charge in [0.15, 0.2) is 0 Å². The molecule has 2 N–H and O–H groups in total. The number of hydrogen-bond donors (Lipinski definition) is 2. The number of amides is 2. The molecule has 0 radical (unpaired) electrons. The molecule has 0 unspecified atom stereocenters. The van der Waals surface area contributed by atoms with Gasteiger partial charge in [-0.25, -0.2) is 0 Å². The van der Waals surface area contributed by atoms with Gasteiger partial charge in [0.1, 0.15) is 11.5 Å². The number of hydrogen-bond acceptors (Lipinski definition) is 4. The SMILES string of the molecule is COc1ccc(O[C@H]2CC[C@H](C)CC2)cc1C(=O)N[C@@H]1[C@H]2CC[C@H](C2)[C@@H]1C(=O)NCC1(C)CCC1. The zero-order valence-corrected chi connectivity index (χ0v) is 21.6. The van der Waals surface area contributed by atoms with Crippen LogP contribution in [0.2, 0.25) is 0 Å². The van der Waals surface area contributed by atoms with Crippen molar-refractivity contribution in [3.63, 3.8) is 0 Å². The third-order valence-electron chi connectivity index (χ3n) is 9.45. The molecule has 4 fully saturated rings. The van der Waals surface area contributed by atoms with E-state index in [-0.39, 0.29) is 35.3 Å². The Balaban J connectivity index is 1.27.